The first-order valence-corrected chi connectivity index (χ1v) is 4.78. The molecule has 2 heteroatoms. The zero-order chi connectivity index (χ0) is 9.80. The van der Waals surface area contributed by atoms with Crippen LogP contribution in [0.15, 0.2) is 42.6 Å². The van der Waals surface area contributed by atoms with Gasteiger partial charge < -0.3 is 10.3 Å². The number of aromatic amines is 1. The zero-order valence-electron chi connectivity index (χ0n) is 8.25. The molecule has 2 nitrogen and oxygen atoms in total. The molecule has 0 saturated carbocycles. The van der Waals surface area contributed by atoms with E-state index in [9.17, 15) is 0 Å². The van der Waals surface area contributed by atoms with Crippen LogP contribution in [0.3, 0.4) is 0 Å². The fourth-order valence-electron chi connectivity index (χ4n) is 1.63. The molecule has 0 aliphatic carbocycles. The van der Waals surface area contributed by atoms with Crippen molar-refractivity contribution in [1.82, 2.24) is 10.3 Å². The van der Waals surface area contributed by atoms with Crippen molar-refractivity contribution >= 4 is 0 Å². The Morgan fingerprint density at radius 1 is 1.14 bits per heavy atom. The average Bonchev–Trinajstić information content (AvgIpc) is 2.72. The fourth-order valence-corrected chi connectivity index (χ4v) is 1.63. The Labute approximate surface area is 84.0 Å². The van der Waals surface area contributed by atoms with Crippen molar-refractivity contribution in [3.8, 4) is 11.3 Å². The van der Waals surface area contributed by atoms with Gasteiger partial charge in [0.05, 0.1) is 0 Å². The van der Waals surface area contributed by atoms with Crippen molar-refractivity contribution in [2.45, 2.75) is 6.54 Å². The summed E-state index contributed by atoms with van der Waals surface area (Å²) in [6.07, 6.45) is 1.95. The van der Waals surface area contributed by atoms with Crippen LogP contribution in [0.25, 0.3) is 11.3 Å². The lowest BCUT2D eigenvalue weighted by atomic mass is 10.1. The van der Waals surface area contributed by atoms with E-state index in [1.165, 1.54) is 16.8 Å². The van der Waals surface area contributed by atoms with Gasteiger partial charge in [-0.05, 0) is 24.7 Å². The summed E-state index contributed by atoms with van der Waals surface area (Å²) in [5.41, 5.74) is 3.76. The molecule has 1 aromatic carbocycles. The molecular formula is C12H14N2. The number of nitrogens with one attached hydrogen (secondary N) is 2. The molecule has 72 valence electrons. The Bertz CT molecular complexity index is 390. The monoisotopic (exact) mass is 186 g/mol. The van der Waals surface area contributed by atoms with Gasteiger partial charge in [-0.3, -0.25) is 0 Å². The standard InChI is InChI=1S/C12H14N2/c1-13-9-10-5-2-3-6-11(10)12-7-4-8-14-12/h2-8,13-14H,9H2,1H3. The van der Waals surface area contributed by atoms with Gasteiger partial charge in [-0.25, -0.2) is 0 Å². The molecule has 0 bridgehead atoms. The molecule has 0 amide bonds. The molecule has 0 unspecified atom stereocenters. The molecule has 0 aliphatic heterocycles. The summed E-state index contributed by atoms with van der Waals surface area (Å²) in [4.78, 5) is 3.22. The Hall–Kier alpha value is -1.54. The number of hydrogen-bond acceptors (Lipinski definition) is 1. The number of rotatable bonds is 3. The van der Waals surface area contributed by atoms with Crippen molar-refractivity contribution in [2.24, 2.45) is 0 Å². The predicted octanol–water partition coefficient (Wildman–Crippen LogP) is 2.40. The summed E-state index contributed by atoms with van der Waals surface area (Å²) < 4.78 is 0. The highest BCUT2D eigenvalue weighted by atomic mass is 14.8. The summed E-state index contributed by atoms with van der Waals surface area (Å²) >= 11 is 0. The van der Waals surface area contributed by atoms with E-state index in [2.05, 4.69) is 40.6 Å². The molecular weight excluding hydrogens is 172 g/mol. The number of H-pyrrole nitrogens is 1. The van der Waals surface area contributed by atoms with E-state index in [0.29, 0.717) is 0 Å². The second-order valence-corrected chi connectivity index (χ2v) is 3.27. The molecule has 14 heavy (non-hydrogen) atoms. The fraction of sp³-hybridized carbons (Fsp3) is 0.167. The average molecular weight is 186 g/mol. The van der Waals surface area contributed by atoms with Gasteiger partial charge in [0.25, 0.3) is 0 Å². The van der Waals surface area contributed by atoms with Crippen molar-refractivity contribution in [2.75, 3.05) is 7.05 Å². The van der Waals surface area contributed by atoms with Gasteiger partial charge in [-0.15, -0.1) is 0 Å². The largest absolute Gasteiger partial charge is 0.361 e. The molecule has 2 N–H and O–H groups in total. The van der Waals surface area contributed by atoms with Gasteiger partial charge in [0.2, 0.25) is 0 Å². The van der Waals surface area contributed by atoms with Crippen molar-refractivity contribution in [1.29, 1.82) is 0 Å². The van der Waals surface area contributed by atoms with Gasteiger partial charge in [0, 0.05) is 24.0 Å². The van der Waals surface area contributed by atoms with E-state index in [-0.39, 0.29) is 0 Å². The van der Waals surface area contributed by atoms with Crippen LogP contribution in [-0.2, 0) is 6.54 Å². The van der Waals surface area contributed by atoms with Gasteiger partial charge in [0.15, 0.2) is 0 Å². The molecule has 0 fully saturated rings. The smallest absolute Gasteiger partial charge is 0.0457 e. The number of hydrogen-bond donors (Lipinski definition) is 2. The van der Waals surface area contributed by atoms with Crippen LogP contribution in [0, 0.1) is 0 Å². The van der Waals surface area contributed by atoms with Crippen molar-refractivity contribution < 1.29 is 0 Å². The van der Waals surface area contributed by atoms with Crippen LogP contribution in [0.2, 0.25) is 0 Å². The minimum absolute atomic E-state index is 0.898. The lowest BCUT2D eigenvalue weighted by molar-refractivity contribution is 0.819. The van der Waals surface area contributed by atoms with Crippen LogP contribution in [0.5, 0.6) is 0 Å². The third-order valence-corrected chi connectivity index (χ3v) is 2.27. The molecule has 0 aliphatic rings. The van der Waals surface area contributed by atoms with Crippen molar-refractivity contribution in [3.05, 3.63) is 48.2 Å². The molecule has 1 aromatic heterocycles. The quantitative estimate of drug-likeness (QED) is 0.757. The van der Waals surface area contributed by atoms with Crippen LogP contribution < -0.4 is 5.32 Å². The SMILES string of the molecule is CNCc1ccccc1-c1ccc[nH]1. The normalized spacial score (nSPS) is 10.4. The maximum Gasteiger partial charge on any atom is 0.0457 e. The van der Waals surface area contributed by atoms with Gasteiger partial charge >= 0.3 is 0 Å². The van der Waals surface area contributed by atoms with E-state index >= 15 is 0 Å². The molecule has 0 atom stereocenters. The number of benzene rings is 1. The summed E-state index contributed by atoms with van der Waals surface area (Å²) in [5.74, 6) is 0. The molecule has 2 rings (SSSR count). The van der Waals surface area contributed by atoms with Crippen LogP contribution in [0.4, 0.5) is 0 Å². The van der Waals surface area contributed by atoms with Crippen LogP contribution in [0.1, 0.15) is 5.56 Å². The second kappa shape index (κ2) is 4.11. The molecule has 2 aromatic rings. The summed E-state index contributed by atoms with van der Waals surface area (Å²) in [7, 11) is 1.96. The van der Waals surface area contributed by atoms with Crippen molar-refractivity contribution in [3.63, 3.8) is 0 Å². The van der Waals surface area contributed by atoms with E-state index < -0.39 is 0 Å². The third kappa shape index (κ3) is 1.70. The molecule has 0 spiro atoms. The zero-order valence-corrected chi connectivity index (χ0v) is 8.25. The lowest BCUT2D eigenvalue weighted by Crippen LogP contribution is -2.06. The minimum atomic E-state index is 0.898. The summed E-state index contributed by atoms with van der Waals surface area (Å²) in [6.45, 7) is 0.898. The highest BCUT2D eigenvalue weighted by Crippen LogP contribution is 2.21. The third-order valence-electron chi connectivity index (χ3n) is 2.27. The van der Waals surface area contributed by atoms with Gasteiger partial charge in [0.1, 0.15) is 0 Å². The predicted molar refractivity (Wildman–Crippen MR) is 59.0 cm³/mol. The van der Waals surface area contributed by atoms with E-state index in [1.54, 1.807) is 0 Å². The molecule has 0 radical (unpaired) electrons. The second-order valence-electron chi connectivity index (χ2n) is 3.27. The summed E-state index contributed by atoms with van der Waals surface area (Å²) in [5, 5.41) is 3.17. The minimum Gasteiger partial charge on any atom is -0.361 e. The maximum atomic E-state index is 3.22. The van der Waals surface area contributed by atoms with E-state index in [1.807, 2.05) is 19.3 Å². The van der Waals surface area contributed by atoms with E-state index in [0.717, 1.165) is 6.54 Å². The highest BCUT2D eigenvalue weighted by Gasteiger charge is 2.02. The number of aromatic nitrogens is 1. The lowest BCUT2D eigenvalue weighted by Gasteiger charge is -2.06. The highest BCUT2D eigenvalue weighted by molar-refractivity contribution is 5.63. The first kappa shape index (κ1) is 9.03. The summed E-state index contributed by atoms with van der Waals surface area (Å²) in [6, 6.07) is 12.5. The van der Waals surface area contributed by atoms with Gasteiger partial charge in [-0.2, -0.15) is 0 Å². The van der Waals surface area contributed by atoms with Gasteiger partial charge in [-0.1, -0.05) is 24.3 Å². The van der Waals surface area contributed by atoms with Crippen LogP contribution >= 0.6 is 0 Å². The van der Waals surface area contributed by atoms with Crippen LogP contribution in [-0.4, -0.2) is 12.0 Å². The molecule has 0 saturated heterocycles. The first-order chi connectivity index (χ1) is 6.92. The molecule has 1 heterocycles. The first-order valence-electron chi connectivity index (χ1n) is 4.78. The Balaban J connectivity index is 2.42. The maximum absolute atomic E-state index is 3.22. The Morgan fingerprint density at radius 2 is 2.00 bits per heavy atom. The topological polar surface area (TPSA) is 27.8 Å². The Kier molecular flexibility index (Phi) is 2.65. The van der Waals surface area contributed by atoms with E-state index in [4.69, 9.17) is 0 Å². The Morgan fingerprint density at radius 3 is 2.71 bits per heavy atom.